The Balaban J connectivity index is 1.85. The Morgan fingerprint density at radius 3 is 2.97 bits per heavy atom. The summed E-state index contributed by atoms with van der Waals surface area (Å²) >= 11 is 1.44. The van der Waals surface area contributed by atoms with Crippen molar-refractivity contribution in [2.75, 3.05) is 13.7 Å². The number of nitrogens with zero attached hydrogens (tertiary/aromatic N) is 1. The third-order valence-corrected chi connectivity index (χ3v) is 6.21. The van der Waals surface area contributed by atoms with Gasteiger partial charge in [0, 0.05) is 30.7 Å². The quantitative estimate of drug-likeness (QED) is 0.377. The van der Waals surface area contributed by atoms with Crippen LogP contribution in [0.15, 0.2) is 24.3 Å². The molecule has 1 aromatic heterocycles. The summed E-state index contributed by atoms with van der Waals surface area (Å²) in [4.78, 5) is 27.4. The van der Waals surface area contributed by atoms with Gasteiger partial charge in [-0.25, -0.2) is 4.79 Å². The third kappa shape index (κ3) is 7.02. The SMILES string of the molecule is CCC#CC[C@H](C)[C@@H](O)C=C[C@H]1CCC(=O)N1CCCc1ccc(C(=O)OC)s1. The monoisotopic (exact) mass is 417 g/mol. The second-order valence-electron chi connectivity index (χ2n) is 7.32. The summed E-state index contributed by atoms with van der Waals surface area (Å²) in [5.74, 6) is 6.03. The van der Waals surface area contributed by atoms with E-state index in [2.05, 4.69) is 11.8 Å². The number of carbonyl (C=O) groups excluding carboxylic acids is 2. The van der Waals surface area contributed by atoms with Crippen molar-refractivity contribution in [1.82, 2.24) is 4.90 Å². The molecule has 29 heavy (non-hydrogen) atoms. The molecule has 1 aliphatic heterocycles. The zero-order chi connectivity index (χ0) is 21.2. The predicted molar refractivity (Wildman–Crippen MR) is 116 cm³/mol. The van der Waals surface area contributed by atoms with Gasteiger partial charge in [0.1, 0.15) is 4.88 Å². The summed E-state index contributed by atoms with van der Waals surface area (Å²) in [6.07, 6.45) is 7.72. The summed E-state index contributed by atoms with van der Waals surface area (Å²) in [6, 6.07) is 3.77. The molecule has 0 saturated carbocycles. The molecule has 2 rings (SSSR count). The molecule has 1 fully saturated rings. The Labute approximate surface area is 177 Å². The van der Waals surface area contributed by atoms with Crippen LogP contribution in [0.4, 0.5) is 0 Å². The molecular formula is C23H31NO4S. The van der Waals surface area contributed by atoms with Crippen molar-refractivity contribution in [1.29, 1.82) is 0 Å². The zero-order valence-electron chi connectivity index (χ0n) is 17.5. The minimum absolute atomic E-state index is 0.0417. The minimum atomic E-state index is -0.554. The normalized spacial score (nSPS) is 18.6. The van der Waals surface area contributed by atoms with Gasteiger partial charge in [-0.2, -0.15) is 0 Å². The first-order chi connectivity index (χ1) is 14.0. The van der Waals surface area contributed by atoms with Gasteiger partial charge in [0.25, 0.3) is 0 Å². The van der Waals surface area contributed by atoms with E-state index in [9.17, 15) is 14.7 Å². The van der Waals surface area contributed by atoms with Gasteiger partial charge in [0.05, 0.1) is 19.3 Å². The molecule has 2 heterocycles. The molecule has 1 saturated heterocycles. The first-order valence-corrected chi connectivity index (χ1v) is 11.1. The average Bonchev–Trinajstić information content (AvgIpc) is 3.33. The maximum atomic E-state index is 12.3. The highest BCUT2D eigenvalue weighted by Crippen LogP contribution is 2.23. The second kappa shape index (κ2) is 11.8. The lowest BCUT2D eigenvalue weighted by Gasteiger charge is -2.23. The van der Waals surface area contributed by atoms with Gasteiger partial charge in [-0.05, 0) is 37.3 Å². The number of methoxy groups -OCH3 is 1. The van der Waals surface area contributed by atoms with Gasteiger partial charge in [-0.1, -0.05) is 26.0 Å². The molecule has 1 aliphatic rings. The molecule has 0 aliphatic carbocycles. The standard InChI is InChI=1S/C23H31NO4S/c1-4-5-6-8-17(2)20(25)13-10-18-11-15-22(26)24(18)16-7-9-19-12-14-21(29-19)23(27)28-3/h10,12-14,17-18,20,25H,4,7-9,11,15-16H2,1-3H3/t17-,18-,20-/m0/s1. The van der Waals surface area contributed by atoms with E-state index in [-0.39, 0.29) is 23.8 Å². The maximum absolute atomic E-state index is 12.3. The molecule has 0 unspecified atom stereocenters. The number of rotatable bonds is 9. The summed E-state index contributed by atoms with van der Waals surface area (Å²) in [5, 5.41) is 10.3. The van der Waals surface area contributed by atoms with Crippen molar-refractivity contribution in [3.63, 3.8) is 0 Å². The lowest BCUT2D eigenvalue weighted by molar-refractivity contribution is -0.128. The Kier molecular flexibility index (Phi) is 9.43. The number of esters is 1. The number of amides is 1. The molecule has 1 N–H and O–H groups in total. The lowest BCUT2D eigenvalue weighted by atomic mass is 10.00. The van der Waals surface area contributed by atoms with Crippen LogP contribution in [0.1, 0.15) is 60.5 Å². The van der Waals surface area contributed by atoms with Gasteiger partial charge < -0.3 is 14.7 Å². The third-order valence-electron chi connectivity index (χ3n) is 5.08. The highest BCUT2D eigenvalue weighted by atomic mass is 32.1. The van der Waals surface area contributed by atoms with Gasteiger partial charge in [-0.15, -0.1) is 23.2 Å². The number of aliphatic hydroxyl groups excluding tert-OH is 1. The van der Waals surface area contributed by atoms with E-state index in [1.165, 1.54) is 18.4 Å². The second-order valence-corrected chi connectivity index (χ2v) is 8.49. The molecule has 0 spiro atoms. The van der Waals surface area contributed by atoms with Crippen LogP contribution >= 0.6 is 11.3 Å². The van der Waals surface area contributed by atoms with Crippen LogP contribution in [0.3, 0.4) is 0 Å². The highest BCUT2D eigenvalue weighted by molar-refractivity contribution is 7.13. The molecule has 1 aromatic rings. The molecular weight excluding hydrogens is 386 g/mol. The number of hydrogen-bond acceptors (Lipinski definition) is 5. The van der Waals surface area contributed by atoms with Gasteiger partial charge in [0.15, 0.2) is 0 Å². The van der Waals surface area contributed by atoms with Crippen LogP contribution in [0.25, 0.3) is 0 Å². The zero-order valence-corrected chi connectivity index (χ0v) is 18.3. The van der Waals surface area contributed by atoms with Crippen LogP contribution in [0, 0.1) is 17.8 Å². The van der Waals surface area contributed by atoms with Crippen LogP contribution in [-0.2, 0) is 16.0 Å². The number of carbonyl (C=O) groups is 2. The van der Waals surface area contributed by atoms with E-state index in [4.69, 9.17) is 4.74 Å². The average molecular weight is 418 g/mol. The first-order valence-electron chi connectivity index (χ1n) is 10.2. The van der Waals surface area contributed by atoms with E-state index in [0.29, 0.717) is 24.3 Å². The van der Waals surface area contributed by atoms with E-state index in [0.717, 1.165) is 30.6 Å². The minimum Gasteiger partial charge on any atom is -0.465 e. The van der Waals surface area contributed by atoms with Gasteiger partial charge >= 0.3 is 5.97 Å². The summed E-state index contributed by atoms with van der Waals surface area (Å²) in [5.41, 5.74) is 0. The van der Waals surface area contributed by atoms with Crippen molar-refractivity contribution in [2.45, 2.75) is 64.5 Å². The predicted octanol–water partition coefficient (Wildman–Crippen LogP) is 3.82. The van der Waals surface area contributed by atoms with Crippen LogP contribution in [0.5, 0.6) is 0 Å². The van der Waals surface area contributed by atoms with Crippen LogP contribution in [0.2, 0.25) is 0 Å². The largest absolute Gasteiger partial charge is 0.465 e. The number of ether oxygens (including phenoxy) is 1. The Morgan fingerprint density at radius 1 is 1.45 bits per heavy atom. The van der Waals surface area contributed by atoms with Crippen LogP contribution in [-0.4, -0.2) is 47.7 Å². The molecule has 1 amide bonds. The first kappa shape index (κ1) is 23.2. The number of aryl methyl sites for hydroxylation is 1. The van der Waals surface area contributed by atoms with Crippen LogP contribution < -0.4 is 0 Å². The van der Waals surface area contributed by atoms with E-state index >= 15 is 0 Å². The van der Waals surface area contributed by atoms with Crippen molar-refractivity contribution in [3.8, 4) is 11.8 Å². The topological polar surface area (TPSA) is 66.8 Å². The molecule has 0 aromatic carbocycles. The summed E-state index contributed by atoms with van der Waals surface area (Å²) < 4.78 is 4.74. The fourth-order valence-electron chi connectivity index (χ4n) is 3.30. The highest BCUT2D eigenvalue weighted by Gasteiger charge is 2.28. The number of hydrogen-bond donors (Lipinski definition) is 1. The maximum Gasteiger partial charge on any atom is 0.348 e. The molecule has 5 nitrogen and oxygen atoms in total. The van der Waals surface area contributed by atoms with Gasteiger partial charge in [0.2, 0.25) is 5.91 Å². The fraction of sp³-hybridized carbons (Fsp3) is 0.565. The number of thiophene rings is 1. The Hall–Kier alpha value is -2.10. The molecule has 0 radical (unpaired) electrons. The summed E-state index contributed by atoms with van der Waals surface area (Å²) in [7, 11) is 1.38. The molecule has 6 heteroatoms. The van der Waals surface area contributed by atoms with Gasteiger partial charge in [-0.3, -0.25) is 4.79 Å². The number of aliphatic hydroxyl groups is 1. The van der Waals surface area contributed by atoms with E-state index in [1.807, 2.05) is 37.0 Å². The van der Waals surface area contributed by atoms with E-state index in [1.54, 1.807) is 6.07 Å². The number of likely N-dealkylation sites (tertiary alicyclic amines) is 1. The fourth-order valence-corrected chi connectivity index (χ4v) is 4.27. The molecule has 158 valence electrons. The molecule has 3 atom stereocenters. The Morgan fingerprint density at radius 2 is 2.24 bits per heavy atom. The summed E-state index contributed by atoms with van der Waals surface area (Å²) in [6.45, 7) is 4.67. The van der Waals surface area contributed by atoms with Crippen molar-refractivity contribution < 1.29 is 19.4 Å². The Bertz CT molecular complexity index is 773. The van der Waals surface area contributed by atoms with Crippen molar-refractivity contribution >= 4 is 23.2 Å². The molecule has 0 bridgehead atoms. The van der Waals surface area contributed by atoms with Crippen molar-refractivity contribution in [2.24, 2.45) is 5.92 Å². The van der Waals surface area contributed by atoms with Crippen molar-refractivity contribution in [3.05, 3.63) is 34.0 Å². The van der Waals surface area contributed by atoms with E-state index < -0.39 is 6.10 Å². The lowest BCUT2D eigenvalue weighted by Crippen LogP contribution is -2.33. The smallest absolute Gasteiger partial charge is 0.348 e.